The molecule has 2 aliphatic heterocycles. The SMILES string of the molecule is CC(C)(C)OC(=O)N1CCC(=O)CC1(C)C.CC1=CCN(C(=O)OC(C)(C)C)C(C)(C)C1. The monoisotopic (exact) mass is 452 g/mol. The Morgan fingerprint density at radius 2 is 1.28 bits per heavy atom. The number of ketones is 1. The lowest BCUT2D eigenvalue weighted by atomic mass is 9.90. The Balaban J connectivity index is 0.000000320. The number of hydrogen-bond donors (Lipinski definition) is 0. The molecule has 0 spiro atoms. The standard InChI is InChI=1S/C13H23NO2.C12H21NO3/c1-10-7-8-14(13(5,6)9-10)11(15)16-12(2,3)4;1-11(2,3)16-10(15)13-7-6-9(14)8-12(13,4)5/h7H,8-9H2,1-6H3;6-8H2,1-5H3. The van der Waals surface area contributed by atoms with Crippen LogP contribution in [-0.4, -0.2) is 63.1 Å². The Kier molecular flexibility index (Phi) is 8.60. The minimum atomic E-state index is -0.491. The van der Waals surface area contributed by atoms with Crippen molar-refractivity contribution in [1.82, 2.24) is 9.80 Å². The molecule has 32 heavy (non-hydrogen) atoms. The molecular weight excluding hydrogens is 408 g/mol. The van der Waals surface area contributed by atoms with Crippen molar-refractivity contribution in [3.63, 3.8) is 0 Å². The topological polar surface area (TPSA) is 76.2 Å². The Hall–Kier alpha value is -2.05. The zero-order valence-electron chi connectivity index (χ0n) is 22.0. The van der Waals surface area contributed by atoms with E-state index in [1.54, 1.807) is 9.80 Å². The van der Waals surface area contributed by atoms with Crippen LogP contribution in [0.15, 0.2) is 11.6 Å². The van der Waals surface area contributed by atoms with Crippen LogP contribution >= 0.6 is 0 Å². The van der Waals surface area contributed by atoms with Crippen molar-refractivity contribution < 1.29 is 23.9 Å². The van der Waals surface area contributed by atoms with Crippen LogP contribution in [0, 0.1) is 0 Å². The van der Waals surface area contributed by atoms with E-state index in [0.717, 1.165) is 6.42 Å². The molecule has 0 aromatic rings. The number of amides is 2. The van der Waals surface area contributed by atoms with Gasteiger partial charge in [-0.05, 0) is 82.6 Å². The lowest BCUT2D eigenvalue weighted by Crippen LogP contribution is -2.54. The number of nitrogens with zero attached hydrogens (tertiary/aromatic N) is 2. The van der Waals surface area contributed by atoms with Crippen LogP contribution in [0.2, 0.25) is 0 Å². The minimum absolute atomic E-state index is 0.152. The van der Waals surface area contributed by atoms with Gasteiger partial charge >= 0.3 is 12.2 Å². The van der Waals surface area contributed by atoms with E-state index in [4.69, 9.17) is 9.47 Å². The first-order chi connectivity index (χ1) is 14.2. The fourth-order valence-electron chi connectivity index (χ4n) is 3.84. The van der Waals surface area contributed by atoms with Gasteiger partial charge in [0.25, 0.3) is 0 Å². The quantitative estimate of drug-likeness (QED) is 0.440. The van der Waals surface area contributed by atoms with E-state index in [1.807, 2.05) is 55.4 Å². The molecule has 2 rings (SSSR count). The predicted octanol–water partition coefficient (Wildman–Crippen LogP) is 5.72. The molecule has 0 radical (unpaired) electrons. The number of rotatable bonds is 0. The van der Waals surface area contributed by atoms with Gasteiger partial charge in [0.15, 0.2) is 0 Å². The predicted molar refractivity (Wildman–Crippen MR) is 127 cm³/mol. The minimum Gasteiger partial charge on any atom is -0.444 e. The highest BCUT2D eigenvalue weighted by Crippen LogP contribution is 2.29. The molecule has 1 fully saturated rings. The van der Waals surface area contributed by atoms with E-state index in [-0.39, 0.29) is 23.5 Å². The first-order valence-electron chi connectivity index (χ1n) is 11.4. The van der Waals surface area contributed by atoms with E-state index in [9.17, 15) is 14.4 Å². The van der Waals surface area contributed by atoms with Crippen LogP contribution in [0.5, 0.6) is 0 Å². The number of ether oxygens (including phenoxy) is 2. The Labute approximate surface area is 194 Å². The molecule has 184 valence electrons. The van der Waals surface area contributed by atoms with Gasteiger partial charge in [0.1, 0.15) is 17.0 Å². The van der Waals surface area contributed by atoms with Gasteiger partial charge in [0.05, 0.1) is 0 Å². The van der Waals surface area contributed by atoms with Crippen molar-refractivity contribution in [2.24, 2.45) is 0 Å². The van der Waals surface area contributed by atoms with Crippen LogP contribution < -0.4 is 0 Å². The molecule has 2 aliphatic rings. The molecule has 0 aromatic carbocycles. The third kappa shape index (κ3) is 8.83. The van der Waals surface area contributed by atoms with E-state index in [0.29, 0.717) is 25.9 Å². The number of piperidine rings is 1. The molecular formula is C25H44N2O5. The summed E-state index contributed by atoms with van der Waals surface area (Å²) in [5.41, 5.74) is -0.165. The number of carbonyl (C=O) groups is 3. The van der Waals surface area contributed by atoms with E-state index >= 15 is 0 Å². The molecule has 0 unspecified atom stereocenters. The second kappa shape index (κ2) is 9.84. The van der Waals surface area contributed by atoms with Crippen molar-refractivity contribution in [3.05, 3.63) is 11.6 Å². The van der Waals surface area contributed by atoms with Crippen molar-refractivity contribution in [1.29, 1.82) is 0 Å². The van der Waals surface area contributed by atoms with Gasteiger partial charge in [-0.2, -0.15) is 0 Å². The molecule has 0 N–H and O–H groups in total. The third-order valence-corrected chi connectivity index (χ3v) is 5.27. The average molecular weight is 453 g/mol. The van der Waals surface area contributed by atoms with Crippen LogP contribution in [0.25, 0.3) is 0 Å². The fraction of sp³-hybridized carbons (Fsp3) is 0.800. The highest BCUT2D eigenvalue weighted by atomic mass is 16.6. The van der Waals surface area contributed by atoms with Gasteiger partial charge in [0.2, 0.25) is 0 Å². The Bertz CT molecular complexity index is 736. The van der Waals surface area contributed by atoms with E-state index in [1.165, 1.54) is 5.57 Å². The summed E-state index contributed by atoms with van der Waals surface area (Å²) in [6.07, 6.45) is 3.29. The lowest BCUT2D eigenvalue weighted by molar-refractivity contribution is -0.125. The van der Waals surface area contributed by atoms with Gasteiger partial charge in [-0.15, -0.1) is 0 Å². The van der Waals surface area contributed by atoms with E-state index in [2.05, 4.69) is 26.8 Å². The molecule has 1 saturated heterocycles. The van der Waals surface area contributed by atoms with E-state index < -0.39 is 16.7 Å². The highest BCUT2D eigenvalue weighted by molar-refractivity contribution is 5.83. The Morgan fingerprint density at radius 3 is 1.69 bits per heavy atom. The zero-order chi connectivity index (χ0) is 25.1. The number of likely N-dealkylation sites (tertiary alicyclic amines) is 1. The molecule has 7 heteroatoms. The summed E-state index contributed by atoms with van der Waals surface area (Å²) < 4.78 is 10.7. The summed E-state index contributed by atoms with van der Waals surface area (Å²) in [5.74, 6) is 0.213. The summed E-state index contributed by atoms with van der Waals surface area (Å²) >= 11 is 0. The maximum atomic E-state index is 12.0. The largest absolute Gasteiger partial charge is 0.444 e. The van der Waals surface area contributed by atoms with Crippen LogP contribution in [-0.2, 0) is 14.3 Å². The maximum absolute atomic E-state index is 12.0. The smallest absolute Gasteiger partial charge is 0.411 e. The number of Topliss-reactive ketones (excluding diaryl/α,β-unsaturated/α-hetero) is 1. The number of carbonyl (C=O) groups excluding carboxylic acids is 3. The summed E-state index contributed by atoms with van der Waals surface area (Å²) in [5, 5.41) is 0. The summed E-state index contributed by atoms with van der Waals surface area (Å²) in [6, 6.07) is 0. The van der Waals surface area contributed by atoms with Gasteiger partial charge < -0.3 is 14.4 Å². The van der Waals surface area contributed by atoms with Gasteiger partial charge in [-0.25, -0.2) is 9.59 Å². The first-order valence-corrected chi connectivity index (χ1v) is 11.4. The molecule has 0 aromatic heterocycles. The maximum Gasteiger partial charge on any atom is 0.411 e. The van der Waals surface area contributed by atoms with Gasteiger partial charge in [-0.3, -0.25) is 9.69 Å². The molecule has 2 amide bonds. The molecule has 0 saturated carbocycles. The molecule has 0 aliphatic carbocycles. The first kappa shape index (κ1) is 28.0. The second-order valence-corrected chi connectivity index (χ2v) is 12.0. The zero-order valence-corrected chi connectivity index (χ0v) is 22.0. The number of hydrogen-bond acceptors (Lipinski definition) is 5. The summed E-state index contributed by atoms with van der Waals surface area (Å²) in [6.45, 7) is 22.4. The van der Waals surface area contributed by atoms with Crippen LogP contribution in [0.4, 0.5) is 9.59 Å². The van der Waals surface area contributed by atoms with Crippen LogP contribution in [0.3, 0.4) is 0 Å². The summed E-state index contributed by atoms with van der Waals surface area (Å²) in [4.78, 5) is 38.7. The molecule has 0 atom stereocenters. The van der Waals surface area contributed by atoms with Crippen molar-refractivity contribution in [3.8, 4) is 0 Å². The van der Waals surface area contributed by atoms with Crippen molar-refractivity contribution in [2.75, 3.05) is 13.1 Å². The van der Waals surface area contributed by atoms with Gasteiger partial charge in [0, 0.05) is 37.0 Å². The molecule has 0 bridgehead atoms. The lowest BCUT2D eigenvalue weighted by Gasteiger charge is -2.41. The molecule has 2 heterocycles. The second-order valence-electron chi connectivity index (χ2n) is 12.0. The van der Waals surface area contributed by atoms with Crippen molar-refractivity contribution >= 4 is 18.0 Å². The fourth-order valence-corrected chi connectivity index (χ4v) is 3.84. The highest BCUT2D eigenvalue weighted by Gasteiger charge is 2.39. The average Bonchev–Trinajstić information content (AvgIpc) is 2.49. The summed E-state index contributed by atoms with van der Waals surface area (Å²) in [7, 11) is 0. The third-order valence-electron chi connectivity index (χ3n) is 5.27. The van der Waals surface area contributed by atoms with Gasteiger partial charge in [-0.1, -0.05) is 11.6 Å². The van der Waals surface area contributed by atoms with Crippen LogP contribution in [0.1, 0.15) is 95.4 Å². The molecule has 7 nitrogen and oxygen atoms in total. The van der Waals surface area contributed by atoms with Crippen molar-refractivity contribution in [2.45, 2.75) is 118 Å². The normalized spacial score (nSPS) is 20.6. The Morgan fingerprint density at radius 1 is 0.844 bits per heavy atom.